The van der Waals surface area contributed by atoms with Gasteiger partial charge in [0.2, 0.25) is 0 Å². The highest BCUT2D eigenvalue weighted by molar-refractivity contribution is 5.59. The monoisotopic (exact) mass is 150 g/mol. The molecule has 0 aliphatic rings. The number of hydrogen-bond acceptors (Lipinski definition) is 3. The first-order valence-corrected chi connectivity index (χ1v) is 3.24. The summed E-state index contributed by atoms with van der Waals surface area (Å²) in [5, 5.41) is 0. The number of anilines is 1. The number of nitrogens with zero attached hydrogens (tertiary/aromatic N) is 1. The Kier molecular flexibility index (Phi) is 2.49. The third kappa shape index (κ3) is 1.97. The Labute approximate surface area is 65.5 Å². The van der Waals surface area contributed by atoms with Crippen molar-refractivity contribution in [2.75, 3.05) is 12.8 Å². The molecule has 0 fully saturated rings. The number of hydrogen-bond donors (Lipinski definition) is 1. The number of methoxy groups -OCH3 is 1. The fourth-order valence-electron chi connectivity index (χ4n) is 0.712. The molecule has 11 heavy (non-hydrogen) atoms. The Morgan fingerprint density at radius 1 is 1.64 bits per heavy atom. The highest BCUT2D eigenvalue weighted by Crippen LogP contribution is 2.08. The molecule has 58 valence electrons. The van der Waals surface area contributed by atoms with E-state index in [-0.39, 0.29) is 0 Å². The lowest BCUT2D eigenvalue weighted by Gasteiger charge is -1.95. The van der Waals surface area contributed by atoms with Crippen LogP contribution < -0.4 is 5.73 Å². The summed E-state index contributed by atoms with van der Waals surface area (Å²) < 4.78 is 4.74. The third-order valence-electron chi connectivity index (χ3n) is 1.25. The average Bonchev–Trinajstić information content (AvgIpc) is 2.03. The van der Waals surface area contributed by atoms with Gasteiger partial charge in [0.25, 0.3) is 0 Å². The Hall–Kier alpha value is -1.51. The molecule has 0 amide bonds. The van der Waals surface area contributed by atoms with Crippen molar-refractivity contribution >= 4 is 11.9 Å². The smallest absolute Gasteiger partial charge is 0.130 e. The van der Waals surface area contributed by atoms with Crippen LogP contribution in [0.5, 0.6) is 0 Å². The van der Waals surface area contributed by atoms with Crippen LogP contribution in [0.4, 0.5) is 5.82 Å². The van der Waals surface area contributed by atoms with Crippen molar-refractivity contribution in [1.29, 1.82) is 0 Å². The molecule has 0 radical (unpaired) electrons. The normalized spacial score (nSPS) is 10.3. The summed E-state index contributed by atoms with van der Waals surface area (Å²) in [6.07, 6.45) is 4.98. The molecule has 0 spiro atoms. The van der Waals surface area contributed by atoms with E-state index in [0.717, 1.165) is 5.56 Å². The van der Waals surface area contributed by atoms with Gasteiger partial charge in [-0.1, -0.05) is 0 Å². The highest BCUT2D eigenvalue weighted by atomic mass is 16.5. The van der Waals surface area contributed by atoms with Gasteiger partial charge in [-0.25, -0.2) is 4.98 Å². The zero-order chi connectivity index (χ0) is 8.10. The summed E-state index contributed by atoms with van der Waals surface area (Å²) in [7, 11) is 1.59. The van der Waals surface area contributed by atoms with Crippen LogP contribution in [-0.4, -0.2) is 12.1 Å². The maximum atomic E-state index is 5.54. The number of nitrogen functional groups attached to an aromatic ring is 1. The van der Waals surface area contributed by atoms with E-state index in [1.54, 1.807) is 25.6 Å². The van der Waals surface area contributed by atoms with Crippen LogP contribution in [0, 0.1) is 0 Å². The summed E-state index contributed by atoms with van der Waals surface area (Å²) >= 11 is 0. The van der Waals surface area contributed by atoms with E-state index in [9.17, 15) is 0 Å². The number of ether oxygens (including phenoxy) is 1. The van der Waals surface area contributed by atoms with Crippen LogP contribution in [0.25, 0.3) is 6.08 Å². The summed E-state index contributed by atoms with van der Waals surface area (Å²) in [6.45, 7) is 0. The van der Waals surface area contributed by atoms with Gasteiger partial charge in [-0.2, -0.15) is 0 Å². The molecular formula is C8H10N2O. The molecule has 0 aromatic carbocycles. The van der Waals surface area contributed by atoms with Crippen LogP contribution >= 0.6 is 0 Å². The van der Waals surface area contributed by atoms with E-state index in [4.69, 9.17) is 10.5 Å². The second-order valence-electron chi connectivity index (χ2n) is 2.02. The number of aromatic nitrogens is 1. The Balaban J connectivity index is 2.86. The first-order chi connectivity index (χ1) is 5.34. The van der Waals surface area contributed by atoms with Crippen molar-refractivity contribution in [2.45, 2.75) is 0 Å². The molecule has 3 nitrogen and oxygen atoms in total. The van der Waals surface area contributed by atoms with Crippen LogP contribution in [0.2, 0.25) is 0 Å². The zero-order valence-corrected chi connectivity index (χ0v) is 6.32. The molecule has 1 aromatic heterocycles. The van der Waals surface area contributed by atoms with Crippen molar-refractivity contribution in [3.8, 4) is 0 Å². The van der Waals surface area contributed by atoms with Gasteiger partial charge in [-0.3, -0.25) is 0 Å². The summed E-state index contributed by atoms with van der Waals surface area (Å²) in [4.78, 5) is 3.90. The van der Waals surface area contributed by atoms with Gasteiger partial charge in [0, 0.05) is 11.8 Å². The Morgan fingerprint density at radius 2 is 2.45 bits per heavy atom. The van der Waals surface area contributed by atoms with E-state index in [1.165, 1.54) is 0 Å². The minimum absolute atomic E-state index is 0.515. The molecule has 0 bridgehead atoms. The van der Waals surface area contributed by atoms with Gasteiger partial charge in [0.15, 0.2) is 0 Å². The maximum absolute atomic E-state index is 5.54. The quantitative estimate of drug-likeness (QED) is 0.646. The van der Waals surface area contributed by atoms with Crippen molar-refractivity contribution in [3.05, 3.63) is 30.2 Å². The van der Waals surface area contributed by atoms with Crippen molar-refractivity contribution in [2.24, 2.45) is 0 Å². The van der Waals surface area contributed by atoms with E-state index >= 15 is 0 Å². The maximum Gasteiger partial charge on any atom is 0.130 e. The summed E-state index contributed by atoms with van der Waals surface area (Å²) in [6, 6.07) is 3.70. The Morgan fingerprint density at radius 3 is 3.09 bits per heavy atom. The molecule has 0 saturated carbocycles. The van der Waals surface area contributed by atoms with Gasteiger partial charge in [0.1, 0.15) is 5.82 Å². The number of rotatable bonds is 2. The number of pyridine rings is 1. The SMILES string of the molecule is COC=Cc1cccnc1N. The van der Waals surface area contributed by atoms with Crippen molar-refractivity contribution in [1.82, 2.24) is 4.98 Å². The third-order valence-corrected chi connectivity index (χ3v) is 1.25. The van der Waals surface area contributed by atoms with E-state index < -0.39 is 0 Å². The van der Waals surface area contributed by atoms with Gasteiger partial charge in [0.05, 0.1) is 13.4 Å². The first-order valence-electron chi connectivity index (χ1n) is 3.24. The molecule has 0 saturated heterocycles. The van der Waals surface area contributed by atoms with Crippen molar-refractivity contribution in [3.63, 3.8) is 0 Å². The molecule has 1 aromatic rings. The summed E-state index contributed by atoms with van der Waals surface area (Å²) in [5.41, 5.74) is 6.41. The first kappa shape index (κ1) is 7.60. The van der Waals surface area contributed by atoms with Crippen LogP contribution in [0.15, 0.2) is 24.6 Å². The molecule has 0 aliphatic carbocycles. The predicted molar refractivity (Wildman–Crippen MR) is 44.7 cm³/mol. The van der Waals surface area contributed by atoms with Crippen LogP contribution in [0.1, 0.15) is 5.56 Å². The highest BCUT2D eigenvalue weighted by Gasteiger charge is 1.91. The van der Waals surface area contributed by atoms with Gasteiger partial charge >= 0.3 is 0 Å². The fraction of sp³-hybridized carbons (Fsp3) is 0.125. The second kappa shape index (κ2) is 3.61. The van der Waals surface area contributed by atoms with E-state index in [1.807, 2.05) is 12.1 Å². The minimum atomic E-state index is 0.515. The van der Waals surface area contributed by atoms with E-state index in [0.29, 0.717) is 5.82 Å². The standard InChI is InChI=1S/C8H10N2O/c1-11-6-4-7-3-2-5-10-8(7)9/h2-6H,1H3,(H2,9,10). The van der Waals surface area contributed by atoms with E-state index in [2.05, 4.69) is 4.98 Å². The van der Waals surface area contributed by atoms with Gasteiger partial charge in [-0.15, -0.1) is 0 Å². The summed E-state index contributed by atoms with van der Waals surface area (Å²) in [5.74, 6) is 0.515. The topological polar surface area (TPSA) is 48.1 Å². The molecule has 0 aliphatic heterocycles. The zero-order valence-electron chi connectivity index (χ0n) is 6.32. The van der Waals surface area contributed by atoms with Crippen LogP contribution in [0.3, 0.4) is 0 Å². The molecule has 1 rings (SSSR count). The predicted octanol–water partition coefficient (Wildman–Crippen LogP) is 1.28. The fourth-order valence-corrected chi connectivity index (χ4v) is 0.712. The second-order valence-corrected chi connectivity index (χ2v) is 2.02. The molecule has 3 heteroatoms. The van der Waals surface area contributed by atoms with Crippen LogP contribution in [-0.2, 0) is 4.74 Å². The largest absolute Gasteiger partial charge is 0.504 e. The lowest BCUT2D eigenvalue weighted by molar-refractivity contribution is 0.341. The Bertz CT molecular complexity index is 258. The minimum Gasteiger partial charge on any atom is -0.504 e. The lowest BCUT2D eigenvalue weighted by Crippen LogP contribution is -1.91. The molecule has 2 N–H and O–H groups in total. The molecule has 0 unspecified atom stereocenters. The van der Waals surface area contributed by atoms with Crippen molar-refractivity contribution < 1.29 is 4.74 Å². The molecule has 0 atom stereocenters. The molecular weight excluding hydrogens is 140 g/mol. The average molecular weight is 150 g/mol. The lowest BCUT2D eigenvalue weighted by atomic mass is 10.2. The number of nitrogens with two attached hydrogens (primary N) is 1. The van der Waals surface area contributed by atoms with Gasteiger partial charge < -0.3 is 10.5 Å². The van der Waals surface area contributed by atoms with Gasteiger partial charge in [-0.05, 0) is 18.2 Å². The molecule has 1 heterocycles.